The first-order valence-electron chi connectivity index (χ1n) is 8.71. The van der Waals surface area contributed by atoms with Crippen LogP contribution in [0.15, 0.2) is 66.7 Å². The summed E-state index contributed by atoms with van der Waals surface area (Å²) in [6.07, 6.45) is 0.875. The summed E-state index contributed by atoms with van der Waals surface area (Å²) in [7, 11) is 0. The summed E-state index contributed by atoms with van der Waals surface area (Å²) in [5.41, 5.74) is 11.1. The van der Waals surface area contributed by atoms with Crippen molar-refractivity contribution in [1.82, 2.24) is 9.97 Å². The quantitative estimate of drug-likeness (QED) is 0.342. The third-order valence-corrected chi connectivity index (χ3v) is 5.25. The van der Waals surface area contributed by atoms with Gasteiger partial charge in [0.25, 0.3) is 0 Å². The Bertz CT molecular complexity index is 1180. The molecule has 0 atom stereocenters. The number of nitrogen functional groups attached to an aromatic ring is 1. The zero-order valence-corrected chi connectivity index (χ0v) is 16.7. The van der Waals surface area contributed by atoms with Gasteiger partial charge in [0.2, 0.25) is 5.95 Å². The predicted octanol–water partition coefficient (Wildman–Crippen LogP) is 5.45. The molecule has 0 bridgehead atoms. The minimum absolute atomic E-state index is 0.194. The van der Waals surface area contributed by atoms with Crippen LogP contribution in [0.2, 0.25) is 0 Å². The molecular weight excluding hydrogens is 416 g/mol. The van der Waals surface area contributed by atoms with E-state index in [1.807, 2.05) is 73.7 Å². The van der Waals surface area contributed by atoms with Crippen molar-refractivity contribution in [2.24, 2.45) is 0 Å². The molecule has 1 heterocycles. The van der Waals surface area contributed by atoms with E-state index >= 15 is 0 Å². The van der Waals surface area contributed by atoms with Crippen LogP contribution in [0, 0.1) is 6.92 Å². The van der Waals surface area contributed by atoms with Gasteiger partial charge in [-0.05, 0) is 42.3 Å². The number of para-hydroxylation sites is 1. The molecule has 0 spiro atoms. The number of anilines is 3. The number of benzene rings is 3. The van der Waals surface area contributed by atoms with Crippen LogP contribution in [0.25, 0.3) is 22.0 Å². The number of rotatable bonds is 4. The van der Waals surface area contributed by atoms with Crippen molar-refractivity contribution in [2.75, 3.05) is 9.66 Å². The molecule has 28 heavy (non-hydrogen) atoms. The summed E-state index contributed by atoms with van der Waals surface area (Å²) in [4.78, 5) is 20.3. The van der Waals surface area contributed by atoms with E-state index in [0.29, 0.717) is 11.4 Å². The Balaban J connectivity index is 1.93. The molecule has 1 aromatic heterocycles. The number of nitrogens with two attached hydrogens (primary N) is 1. The lowest BCUT2D eigenvalue weighted by Crippen LogP contribution is -2.07. The van der Waals surface area contributed by atoms with E-state index in [1.165, 1.54) is 0 Å². The van der Waals surface area contributed by atoms with Crippen molar-refractivity contribution >= 4 is 50.8 Å². The van der Waals surface area contributed by atoms with Crippen molar-refractivity contribution in [3.8, 4) is 11.1 Å². The molecule has 0 aliphatic carbocycles. The summed E-state index contributed by atoms with van der Waals surface area (Å²) in [5.74, 6) is 0.829. The Morgan fingerprint density at radius 3 is 2.54 bits per heavy atom. The number of aryl methyl sites for hydroxylation is 1. The minimum Gasteiger partial charge on any atom is -0.368 e. The first-order valence-corrected chi connectivity index (χ1v) is 9.42. The molecule has 4 rings (SSSR count). The van der Waals surface area contributed by atoms with E-state index < -0.39 is 0 Å². The number of aldehydes is 1. The van der Waals surface area contributed by atoms with E-state index in [-0.39, 0.29) is 5.95 Å². The average Bonchev–Trinajstić information content (AvgIpc) is 2.73. The van der Waals surface area contributed by atoms with Gasteiger partial charge < -0.3 is 5.73 Å². The molecule has 4 aromatic rings. The number of carbonyl (C=O) groups is 1. The highest BCUT2D eigenvalue weighted by atomic mass is 79.9. The average molecular weight is 433 g/mol. The Morgan fingerprint density at radius 1 is 1.00 bits per heavy atom. The number of halogens is 1. The van der Waals surface area contributed by atoms with Crippen LogP contribution in [-0.2, 0) is 0 Å². The first kappa shape index (κ1) is 18.1. The van der Waals surface area contributed by atoms with Gasteiger partial charge in [0.1, 0.15) is 0 Å². The lowest BCUT2D eigenvalue weighted by atomic mass is 9.97. The number of carbonyl (C=O) groups excluding carboxylic acids is 1. The summed E-state index contributed by atoms with van der Waals surface area (Å²) in [6, 6.07) is 21.4. The molecule has 0 fully saturated rings. The summed E-state index contributed by atoms with van der Waals surface area (Å²) in [5, 5.41) is 0.825. The Kier molecular flexibility index (Phi) is 4.79. The Labute approximate surface area is 171 Å². The molecule has 2 N–H and O–H groups in total. The number of hydrogen-bond acceptors (Lipinski definition) is 5. The molecule has 0 saturated heterocycles. The Morgan fingerprint density at radius 2 is 1.79 bits per heavy atom. The second-order valence-electron chi connectivity index (χ2n) is 6.46. The fraction of sp³-hybridized carbons (Fsp3) is 0.0455. The monoisotopic (exact) mass is 432 g/mol. The van der Waals surface area contributed by atoms with Crippen LogP contribution in [0.5, 0.6) is 0 Å². The van der Waals surface area contributed by atoms with E-state index in [0.717, 1.165) is 39.6 Å². The number of aromatic nitrogens is 2. The fourth-order valence-corrected chi connectivity index (χ4v) is 3.66. The van der Waals surface area contributed by atoms with Gasteiger partial charge in [-0.1, -0.05) is 48.0 Å². The van der Waals surface area contributed by atoms with Crippen LogP contribution < -0.4 is 9.66 Å². The number of nitrogens with zero attached hydrogens (tertiary/aromatic N) is 3. The maximum atomic E-state index is 11.5. The van der Waals surface area contributed by atoms with Crippen LogP contribution in [0.3, 0.4) is 0 Å². The predicted molar refractivity (Wildman–Crippen MR) is 117 cm³/mol. The van der Waals surface area contributed by atoms with Crippen molar-refractivity contribution < 1.29 is 4.79 Å². The van der Waals surface area contributed by atoms with Gasteiger partial charge in [0.15, 0.2) is 12.1 Å². The smallest absolute Gasteiger partial charge is 0.222 e. The molecule has 138 valence electrons. The summed E-state index contributed by atoms with van der Waals surface area (Å²) in [6.45, 7) is 2.00. The van der Waals surface area contributed by atoms with Crippen LogP contribution in [0.1, 0.15) is 15.9 Å². The zero-order chi connectivity index (χ0) is 19.7. The summed E-state index contributed by atoms with van der Waals surface area (Å²) >= 11 is 3.60. The highest BCUT2D eigenvalue weighted by Crippen LogP contribution is 2.36. The normalized spacial score (nSPS) is 10.8. The SMILES string of the molecule is Cc1ccc(C=O)c(-c2ccc3nc(N)nc(N(Br)c4ccccc4)c3c2)c1. The van der Waals surface area contributed by atoms with Gasteiger partial charge >= 0.3 is 0 Å². The number of fused-ring (bicyclic) bond motifs is 1. The highest BCUT2D eigenvalue weighted by molar-refractivity contribution is 9.10. The summed E-state index contributed by atoms with van der Waals surface area (Å²) < 4.78 is 1.80. The lowest BCUT2D eigenvalue weighted by Gasteiger charge is -2.18. The molecular formula is C22H17BrN4O. The van der Waals surface area contributed by atoms with Crippen molar-refractivity contribution in [3.05, 3.63) is 77.9 Å². The molecule has 0 aliphatic rings. The molecule has 0 aliphatic heterocycles. The van der Waals surface area contributed by atoms with E-state index in [9.17, 15) is 4.79 Å². The molecule has 0 unspecified atom stereocenters. The molecule has 5 nitrogen and oxygen atoms in total. The van der Waals surface area contributed by atoms with Gasteiger partial charge in [-0.2, -0.15) is 4.98 Å². The molecule has 0 saturated carbocycles. The van der Waals surface area contributed by atoms with Gasteiger partial charge in [-0.25, -0.2) is 4.98 Å². The molecule has 0 radical (unpaired) electrons. The zero-order valence-electron chi connectivity index (χ0n) is 15.1. The second-order valence-corrected chi connectivity index (χ2v) is 7.17. The maximum Gasteiger partial charge on any atom is 0.222 e. The third kappa shape index (κ3) is 3.34. The second kappa shape index (κ2) is 7.40. The molecule has 3 aromatic carbocycles. The van der Waals surface area contributed by atoms with Crippen molar-refractivity contribution in [2.45, 2.75) is 6.92 Å². The van der Waals surface area contributed by atoms with E-state index in [2.05, 4.69) is 26.1 Å². The fourth-order valence-electron chi connectivity index (χ4n) is 3.15. The van der Waals surface area contributed by atoms with Crippen molar-refractivity contribution in [3.63, 3.8) is 0 Å². The largest absolute Gasteiger partial charge is 0.368 e. The van der Waals surface area contributed by atoms with E-state index in [1.54, 1.807) is 3.93 Å². The lowest BCUT2D eigenvalue weighted by molar-refractivity contribution is 0.112. The van der Waals surface area contributed by atoms with Gasteiger partial charge in [0.05, 0.1) is 27.4 Å². The van der Waals surface area contributed by atoms with Crippen molar-refractivity contribution in [1.29, 1.82) is 0 Å². The van der Waals surface area contributed by atoms with E-state index in [4.69, 9.17) is 5.73 Å². The minimum atomic E-state index is 0.194. The van der Waals surface area contributed by atoms with Crippen LogP contribution >= 0.6 is 16.1 Å². The topological polar surface area (TPSA) is 72.1 Å². The van der Waals surface area contributed by atoms with Gasteiger partial charge in [-0.15, -0.1) is 0 Å². The molecule has 6 heteroatoms. The number of hydrogen-bond donors (Lipinski definition) is 1. The maximum absolute atomic E-state index is 11.5. The molecule has 0 amide bonds. The highest BCUT2D eigenvalue weighted by Gasteiger charge is 2.15. The van der Waals surface area contributed by atoms with Gasteiger partial charge in [0, 0.05) is 10.9 Å². The third-order valence-electron chi connectivity index (χ3n) is 4.51. The van der Waals surface area contributed by atoms with Crippen LogP contribution in [-0.4, -0.2) is 16.3 Å². The Hall–Kier alpha value is -3.25. The standard InChI is InChI=1S/C22H17BrN4O/c1-14-7-8-16(13-28)18(11-14)15-9-10-20-19(12-15)21(26-22(24)25-20)27(23)17-5-3-2-4-6-17/h2-13H,1H3,(H2,24,25,26). The van der Waals surface area contributed by atoms with Gasteiger partial charge in [-0.3, -0.25) is 8.72 Å². The first-order chi connectivity index (χ1) is 13.6. The van der Waals surface area contributed by atoms with Crippen LogP contribution in [0.4, 0.5) is 17.5 Å².